The molecule has 2 saturated heterocycles. The second-order valence-corrected chi connectivity index (χ2v) is 5.22. The molecule has 8 nitrogen and oxygen atoms in total. The van der Waals surface area contributed by atoms with Crippen LogP contribution in [0.25, 0.3) is 0 Å². The third kappa shape index (κ3) is 2.49. The summed E-state index contributed by atoms with van der Waals surface area (Å²) in [7, 11) is 1.43. The van der Waals surface area contributed by atoms with Gasteiger partial charge in [-0.2, -0.15) is 0 Å². The number of ketones is 1. The summed E-state index contributed by atoms with van der Waals surface area (Å²) in [5.74, 6) is -0.627. The summed E-state index contributed by atoms with van der Waals surface area (Å²) in [5.41, 5.74) is 0. The number of carbonyl (C=O) groups is 2. The number of carbonyl (C=O) groups excluding carboxylic acids is 2. The smallest absolute Gasteiger partial charge is 0.272 e. The number of allylic oxidation sites excluding steroid dienone is 1. The molecule has 8 heteroatoms. The lowest BCUT2D eigenvalue weighted by Gasteiger charge is -2.30. The van der Waals surface area contributed by atoms with E-state index in [0.29, 0.717) is 0 Å². The van der Waals surface area contributed by atoms with Gasteiger partial charge in [-0.05, 0) is 13.0 Å². The summed E-state index contributed by atoms with van der Waals surface area (Å²) in [6, 6.07) is 0. The largest absolute Gasteiger partial charge is 0.391 e. The molecule has 0 saturated carbocycles. The van der Waals surface area contributed by atoms with Gasteiger partial charge in [-0.25, -0.2) is 0 Å². The van der Waals surface area contributed by atoms with Crippen LogP contribution in [0.3, 0.4) is 0 Å². The highest BCUT2D eigenvalue weighted by atomic mass is 16.9. The maximum absolute atomic E-state index is 12.0. The zero-order chi connectivity index (χ0) is 15.1. The van der Waals surface area contributed by atoms with Crippen LogP contribution in [-0.4, -0.2) is 65.9 Å². The van der Waals surface area contributed by atoms with E-state index in [1.165, 1.54) is 24.3 Å². The van der Waals surface area contributed by atoms with E-state index in [0.717, 1.165) is 0 Å². The van der Waals surface area contributed by atoms with Gasteiger partial charge in [0.1, 0.15) is 18.3 Å². The number of methoxy groups -OCH3 is 1. The number of hydrogen-bond acceptors (Lipinski definition) is 7. The Kier molecular flexibility index (Phi) is 3.80. The van der Waals surface area contributed by atoms with Crippen LogP contribution in [0.15, 0.2) is 12.3 Å². The topological polar surface area (TPSA) is 94.5 Å². The van der Waals surface area contributed by atoms with E-state index in [9.17, 15) is 14.7 Å². The van der Waals surface area contributed by atoms with Gasteiger partial charge in [0.05, 0.1) is 12.5 Å². The number of aliphatic hydroxyl groups is 1. The number of rotatable bonds is 3. The van der Waals surface area contributed by atoms with Gasteiger partial charge >= 0.3 is 0 Å². The number of ether oxygens (including phenoxy) is 4. The molecule has 21 heavy (non-hydrogen) atoms. The Morgan fingerprint density at radius 3 is 2.67 bits per heavy atom. The number of nitrogens with zero attached hydrogens (tertiary/aromatic N) is 1. The van der Waals surface area contributed by atoms with Gasteiger partial charge < -0.3 is 24.1 Å². The minimum atomic E-state index is -0.863. The van der Waals surface area contributed by atoms with Gasteiger partial charge in [-0.3, -0.25) is 14.5 Å². The quantitative estimate of drug-likeness (QED) is 0.676. The number of hydrogen-bond donors (Lipinski definition) is 1. The molecule has 3 rings (SSSR count). The van der Waals surface area contributed by atoms with E-state index >= 15 is 0 Å². The molecule has 116 valence electrons. The summed E-state index contributed by atoms with van der Waals surface area (Å²) < 4.78 is 21.8. The predicted octanol–water partition coefficient (Wildman–Crippen LogP) is -0.879. The monoisotopic (exact) mass is 299 g/mol. The molecule has 6 atom stereocenters. The Morgan fingerprint density at radius 2 is 2.05 bits per heavy atom. The standard InChI is InChI=1S/C13H17NO7/c1-6(15)9-10-11(21-13(18-2)20-10)12(19-9)14-4-3-7(16)5-8(14)17/h3-4,6,9-13,15H,5H2,1-2H3/t6-,9?,10-,11-,12-,13?/m1/s1. The van der Waals surface area contributed by atoms with Crippen molar-refractivity contribution < 1.29 is 33.6 Å². The first-order valence-corrected chi connectivity index (χ1v) is 6.70. The Balaban J connectivity index is 1.84. The molecule has 3 aliphatic heterocycles. The summed E-state index contributed by atoms with van der Waals surface area (Å²) in [5, 5.41) is 9.81. The molecule has 2 fully saturated rings. The van der Waals surface area contributed by atoms with Gasteiger partial charge in [0.15, 0.2) is 12.0 Å². The summed E-state index contributed by atoms with van der Waals surface area (Å²) in [6.45, 7) is 0.712. The molecule has 0 bridgehead atoms. The maximum Gasteiger partial charge on any atom is 0.272 e. The first kappa shape index (κ1) is 14.6. The third-order valence-corrected chi connectivity index (χ3v) is 3.74. The maximum atomic E-state index is 12.0. The summed E-state index contributed by atoms with van der Waals surface area (Å²) in [6.07, 6.45) is -0.835. The SMILES string of the molecule is COC1O[C@@H]2[C@H](O1)C([C@@H](C)O)O[C@H]2N1C=CC(=O)CC1=O. The lowest BCUT2D eigenvalue weighted by atomic mass is 10.1. The average molecular weight is 299 g/mol. The van der Waals surface area contributed by atoms with Crippen LogP contribution in [0.2, 0.25) is 0 Å². The van der Waals surface area contributed by atoms with E-state index in [1.54, 1.807) is 6.92 Å². The minimum absolute atomic E-state index is 0.207. The molecular weight excluding hydrogens is 282 g/mol. The highest BCUT2D eigenvalue weighted by molar-refractivity contribution is 6.06. The van der Waals surface area contributed by atoms with Gasteiger partial charge in [0.25, 0.3) is 6.48 Å². The minimum Gasteiger partial charge on any atom is -0.391 e. The second-order valence-electron chi connectivity index (χ2n) is 5.22. The van der Waals surface area contributed by atoms with Crippen LogP contribution >= 0.6 is 0 Å². The van der Waals surface area contributed by atoms with Crippen LogP contribution in [0.1, 0.15) is 13.3 Å². The van der Waals surface area contributed by atoms with E-state index in [-0.39, 0.29) is 18.1 Å². The highest BCUT2D eigenvalue weighted by Crippen LogP contribution is 2.37. The van der Waals surface area contributed by atoms with Crippen molar-refractivity contribution in [2.24, 2.45) is 0 Å². The zero-order valence-corrected chi connectivity index (χ0v) is 11.7. The summed E-state index contributed by atoms with van der Waals surface area (Å²) >= 11 is 0. The number of fused-ring (bicyclic) bond motifs is 1. The Morgan fingerprint density at radius 1 is 1.33 bits per heavy atom. The fourth-order valence-electron chi connectivity index (χ4n) is 2.75. The van der Waals surface area contributed by atoms with Crippen molar-refractivity contribution in [3.63, 3.8) is 0 Å². The van der Waals surface area contributed by atoms with Crippen LogP contribution in [0.4, 0.5) is 0 Å². The average Bonchev–Trinajstić information content (AvgIpc) is 2.97. The molecule has 0 spiro atoms. The molecule has 1 amide bonds. The van der Waals surface area contributed by atoms with E-state index in [2.05, 4.69) is 0 Å². The lowest BCUT2D eigenvalue weighted by Crippen LogP contribution is -2.46. The fourth-order valence-corrected chi connectivity index (χ4v) is 2.75. The van der Waals surface area contributed by atoms with Crippen LogP contribution < -0.4 is 0 Å². The highest BCUT2D eigenvalue weighted by Gasteiger charge is 2.56. The normalized spacial score (nSPS) is 40.7. The molecule has 3 aliphatic rings. The van der Waals surface area contributed by atoms with E-state index in [4.69, 9.17) is 18.9 Å². The van der Waals surface area contributed by atoms with Crippen molar-refractivity contribution in [2.45, 2.75) is 50.5 Å². The Bertz CT molecular complexity index is 477. The van der Waals surface area contributed by atoms with Gasteiger partial charge in [0, 0.05) is 13.3 Å². The molecular formula is C13H17NO7. The van der Waals surface area contributed by atoms with Crippen LogP contribution in [-0.2, 0) is 28.5 Å². The van der Waals surface area contributed by atoms with E-state index < -0.39 is 37.1 Å². The fraction of sp³-hybridized carbons (Fsp3) is 0.692. The zero-order valence-electron chi connectivity index (χ0n) is 11.7. The molecule has 0 aliphatic carbocycles. The van der Waals surface area contributed by atoms with Crippen molar-refractivity contribution in [1.29, 1.82) is 0 Å². The molecule has 0 aromatic carbocycles. The Hall–Kier alpha value is -1.32. The summed E-state index contributed by atoms with van der Waals surface area (Å²) in [4.78, 5) is 24.5. The molecule has 0 aromatic heterocycles. The van der Waals surface area contributed by atoms with Crippen molar-refractivity contribution in [3.8, 4) is 0 Å². The third-order valence-electron chi connectivity index (χ3n) is 3.74. The predicted molar refractivity (Wildman–Crippen MR) is 66.5 cm³/mol. The number of aliphatic hydroxyl groups excluding tert-OH is 1. The first-order valence-electron chi connectivity index (χ1n) is 6.70. The Labute approximate surface area is 121 Å². The first-order chi connectivity index (χ1) is 10.0. The van der Waals surface area contributed by atoms with Gasteiger partial charge in [0.2, 0.25) is 5.91 Å². The molecule has 0 aromatic rings. The second kappa shape index (κ2) is 5.47. The van der Waals surface area contributed by atoms with E-state index in [1.807, 2.05) is 0 Å². The van der Waals surface area contributed by atoms with Crippen molar-refractivity contribution in [3.05, 3.63) is 12.3 Å². The number of amides is 1. The van der Waals surface area contributed by atoms with Crippen LogP contribution in [0.5, 0.6) is 0 Å². The van der Waals surface area contributed by atoms with Crippen molar-refractivity contribution in [2.75, 3.05) is 7.11 Å². The van der Waals surface area contributed by atoms with Crippen LogP contribution in [0, 0.1) is 0 Å². The molecule has 3 heterocycles. The van der Waals surface area contributed by atoms with Gasteiger partial charge in [-0.1, -0.05) is 0 Å². The molecule has 2 unspecified atom stereocenters. The van der Waals surface area contributed by atoms with Crippen molar-refractivity contribution in [1.82, 2.24) is 4.90 Å². The molecule has 1 N–H and O–H groups in total. The molecule has 0 radical (unpaired) electrons. The lowest BCUT2D eigenvalue weighted by molar-refractivity contribution is -0.261. The van der Waals surface area contributed by atoms with Crippen molar-refractivity contribution >= 4 is 11.7 Å². The van der Waals surface area contributed by atoms with Gasteiger partial charge in [-0.15, -0.1) is 0 Å².